The molecule has 1 aromatic carbocycles. The van der Waals surface area contributed by atoms with Gasteiger partial charge in [-0.2, -0.15) is 5.10 Å². The van der Waals surface area contributed by atoms with E-state index in [0.29, 0.717) is 6.54 Å². The van der Waals surface area contributed by atoms with Gasteiger partial charge in [0.1, 0.15) is 0 Å². The number of hydrogen-bond donors (Lipinski definition) is 2. The SMILES string of the molecule is Cc1ccc(S(N)(=O)=O)cc1NCc1ccnn1C. The summed E-state index contributed by atoms with van der Waals surface area (Å²) < 4.78 is 24.4. The minimum absolute atomic E-state index is 0.102. The second-order valence-corrected chi connectivity index (χ2v) is 5.88. The monoisotopic (exact) mass is 280 g/mol. The highest BCUT2D eigenvalue weighted by molar-refractivity contribution is 7.89. The Morgan fingerprint density at radius 2 is 2.11 bits per heavy atom. The molecule has 0 saturated carbocycles. The number of benzene rings is 1. The Labute approximate surface area is 112 Å². The molecular weight excluding hydrogens is 264 g/mol. The number of nitrogens with two attached hydrogens (primary N) is 1. The van der Waals surface area contributed by atoms with Gasteiger partial charge in [0.25, 0.3) is 0 Å². The van der Waals surface area contributed by atoms with Crippen molar-refractivity contribution in [3.8, 4) is 0 Å². The predicted molar refractivity (Wildman–Crippen MR) is 73.1 cm³/mol. The highest BCUT2D eigenvalue weighted by atomic mass is 32.2. The molecule has 102 valence electrons. The molecule has 0 saturated heterocycles. The topological polar surface area (TPSA) is 90.0 Å². The van der Waals surface area contributed by atoms with Gasteiger partial charge < -0.3 is 5.32 Å². The van der Waals surface area contributed by atoms with Gasteiger partial charge >= 0.3 is 0 Å². The normalized spacial score (nSPS) is 11.5. The summed E-state index contributed by atoms with van der Waals surface area (Å²) in [5.41, 5.74) is 2.70. The number of hydrogen-bond acceptors (Lipinski definition) is 4. The van der Waals surface area contributed by atoms with Gasteiger partial charge in [-0.05, 0) is 30.7 Å². The summed E-state index contributed by atoms with van der Waals surface area (Å²) in [6.45, 7) is 2.46. The lowest BCUT2D eigenvalue weighted by Gasteiger charge is -2.11. The lowest BCUT2D eigenvalue weighted by atomic mass is 10.2. The molecule has 0 spiro atoms. The maximum absolute atomic E-state index is 11.3. The van der Waals surface area contributed by atoms with Crippen LogP contribution in [-0.4, -0.2) is 18.2 Å². The largest absolute Gasteiger partial charge is 0.379 e. The van der Waals surface area contributed by atoms with Crippen LogP contribution in [0.2, 0.25) is 0 Å². The van der Waals surface area contributed by atoms with Gasteiger partial charge in [0.15, 0.2) is 0 Å². The molecule has 0 aliphatic heterocycles. The average Bonchev–Trinajstić information content (AvgIpc) is 2.72. The van der Waals surface area contributed by atoms with Gasteiger partial charge in [-0.3, -0.25) is 4.68 Å². The van der Waals surface area contributed by atoms with Crippen molar-refractivity contribution >= 4 is 15.7 Å². The van der Waals surface area contributed by atoms with E-state index in [9.17, 15) is 8.42 Å². The third kappa shape index (κ3) is 3.12. The molecule has 0 radical (unpaired) electrons. The number of nitrogens with one attached hydrogen (secondary N) is 1. The molecule has 2 aromatic rings. The summed E-state index contributed by atoms with van der Waals surface area (Å²) in [7, 11) is -1.83. The third-order valence-electron chi connectivity index (χ3n) is 2.92. The summed E-state index contributed by atoms with van der Waals surface area (Å²) in [5.74, 6) is 0. The second-order valence-electron chi connectivity index (χ2n) is 4.32. The standard InChI is InChI=1S/C12H16N4O2S/c1-9-3-4-11(19(13,17)18)7-12(9)14-8-10-5-6-15-16(10)2/h3-7,14H,8H2,1-2H3,(H2,13,17,18). The van der Waals surface area contributed by atoms with Crippen molar-refractivity contribution < 1.29 is 8.42 Å². The quantitative estimate of drug-likeness (QED) is 0.873. The van der Waals surface area contributed by atoms with Crippen molar-refractivity contribution in [1.82, 2.24) is 9.78 Å². The molecule has 0 fully saturated rings. The molecule has 0 amide bonds. The lowest BCUT2D eigenvalue weighted by molar-refractivity contribution is 0.598. The highest BCUT2D eigenvalue weighted by Gasteiger charge is 2.10. The fourth-order valence-electron chi connectivity index (χ4n) is 1.73. The van der Waals surface area contributed by atoms with E-state index in [1.165, 1.54) is 6.07 Å². The van der Waals surface area contributed by atoms with Crippen molar-refractivity contribution in [2.75, 3.05) is 5.32 Å². The molecular formula is C12H16N4O2S. The van der Waals surface area contributed by atoms with Crippen molar-refractivity contribution in [1.29, 1.82) is 0 Å². The predicted octanol–water partition coefficient (Wildman–Crippen LogP) is 0.988. The zero-order chi connectivity index (χ0) is 14.0. The van der Waals surface area contributed by atoms with Gasteiger partial charge in [0.2, 0.25) is 10.0 Å². The van der Waals surface area contributed by atoms with E-state index in [2.05, 4.69) is 10.4 Å². The van der Waals surface area contributed by atoms with Crippen LogP contribution in [0.3, 0.4) is 0 Å². The van der Waals surface area contributed by atoms with Crippen molar-refractivity contribution in [2.24, 2.45) is 12.2 Å². The molecule has 0 aliphatic rings. The molecule has 1 heterocycles. The van der Waals surface area contributed by atoms with Crippen LogP contribution in [0.1, 0.15) is 11.3 Å². The van der Waals surface area contributed by atoms with Crippen LogP contribution in [0.4, 0.5) is 5.69 Å². The van der Waals surface area contributed by atoms with E-state index in [0.717, 1.165) is 16.9 Å². The van der Waals surface area contributed by atoms with Crippen molar-refractivity contribution in [3.05, 3.63) is 41.7 Å². The van der Waals surface area contributed by atoms with Gasteiger partial charge in [0, 0.05) is 18.9 Å². The Morgan fingerprint density at radius 1 is 1.37 bits per heavy atom. The van der Waals surface area contributed by atoms with E-state index in [-0.39, 0.29) is 4.90 Å². The van der Waals surface area contributed by atoms with E-state index in [1.54, 1.807) is 23.0 Å². The fraction of sp³-hybridized carbons (Fsp3) is 0.250. The molecule has 6 nitrogen and oxygen atoms in total. The van der Waals surface area contributed by atoms with Crippen LogP contribution < -0.4 is 10.5 Å². The first-order valence-corrected chi connectivity index (χ1v) is 7.27. The molecule has 0 bridgehead atoms. The van der Waals surface area contributed by atoms with Crippen LogP contribution in [0.25, 0.3) is 0 Å². The van der Waals surface area contributed by atoms with Crippen molar-refractivity contribution in [2.45, 2.75) is 18.4 Å². The Balaban J connectivity index is 2.23. The zero-order valence-corrected chi connectivity index (χ0v) is 11.6. The number of primary sulfonamides is 1. The highest BCUT2D eigenvalue weighted by Crippen LogP contribution is 2.20. The first-order chi connectivity index (χ1) is 8.88. The fourth-order valence-corrected chi connectivity index (χ4v) is 2.27. The molecule has 19 heavy (non-hydrogen) atoms. The molecule has 7 heteroatoms. The number of aryl methyl sites for hydroxylation is 2. The molecule has 0 unspecified atom stereocenters. The Bertz CT molecular complexity index is 692. The van der Waals surface area contributed by atoms with E-state index in [4.69, 9.17) is 5.14 Å². The first-order valence-electron chi connectivity index (χ1n) is 5.72. The van der Waals surface area contributed by atoms with Crippen LogP contribution in [0.15, 0.2) is 35.4 Å². The Hall–Kier alpha value is -1.86. The van der Waals surface area contributed by atoms with E-state index < -0.39 is 10.0 Å². The summed E-state index contributed by atoms with van der Waals surface area (Å²) in [6, 6.07) is 6.66. The smallest absolute Gasteiger partial charge is 0.238 e. The molecule has 1 aromatic heterocycles. The summed E-state index contributed by atoms with van der Waals surface area (Å²) in [5, 5.41) is 12.4. The van der Waals surface area contributed by atoms with Gasteiger partial charge in [-0.1, -0.05) is 6.07 Å². The van der Waals surface area contributed by atoms with E-state index in [1.807, 2.05) is 20.0 Å². The number of nitrogens with zero attached hydrogens (tertiary/aromatic N) is 2. The summed E-state index contributed by atoms with van der Waals surface area (Å²) in [6.07, 6.45) is 1.71. The van der Waals surface area contributed by atoms with E-state index >= 15 is 0 Å². The maximum Gasteiger partial charge on any atom is 0.238 e. The number of sulfonamides is 1. The minimum atomic E-state index is -3.68. The average molecular weight is 280 g/mol. The number of anilines is 1. The number of aromatic nitrogens is 2. The number of rotatable bonds is 4. The molecule has 3 N–H and O–H groups in total. The van der Waals surface area contributed by atoms with Crippen LogP contribution >= 0.6 is 0 Å². The second kappa shape index (κ2) is 5.02. The molecule has 2 rings (SSSR count). The van der Waals surface area contributed by atoms with Crippen LogP contribution in [0, 0.1) is 6.92 Å². The third-order valence-corrected chi connectivity index (χ3v) is 3.83. The maximum atomic E-state index is 11.3. The van der Waals surface area contributed by atoms with Crippen molar-refractivity contribution in [3.63, 3.8) is 0 Å². The van der Waals surface area contributed by atoms with Crippen LogP contribution in [-0.2, 0) is 23.6 Å². The zero-order valence-electron chi connectivity index (χ0n) is 10.8. The summed E-state index contributed by atoms with van der Waals surface area (Å²) in [4.78, 5) is 0.102. The summed E-state index contributed by atoms with van der Waals surface area (Å²) >= 11 is 0. The Kier molecular flexibility index (Phi) is 3.59. The molecule has 0 aliphatic carbocycles. The molecule has 0 atom stereocenters. The lowest BCUT2D eigenvalue weighted by Crippen LogP contribution is -2.13. The van der Waals surface area contributed by atoms with Gasteiger partial charge in [0.05, 0.1) is 17.1 Å². The van der Waals surface area contributed by atoms with Gasteiger partial charge in [-0.15, -0.1) is 0 Å². The van der Waals surface area contributed by atoms with Gasteiger partial charge in [-0.25, -0.2) is 13.6 Å². The minimum Gasteiger partial charge on any atom is -0.379 e. The van der Waals surface area contributed by atoms with Crippen LogP contribution in [0.5, 0.6) is 0 Å². The first kappa shape index (κ1) is 13.6. The Morgan fingerprint density at radius 3 is 2.68 bits per heavy atom.